The van der Waals surface area contributed by atoms with E-state index in [0.717, 1.165) is 21.4 Å². The fourth-order valence-electron chi connectivity index (χ4n) is 2.69. The first kappa shape index (κ1) is 14.1. The van der Waals surface area contributed by atoms with Crippen molar-refractivity contribution in [2.75, 3.05) is 5.32 Å². The minimum absolute atomic E-state index is 0.179. The van der Waals surface area contributed by atoms with Crippen molar-refractivity contribution >= 4 is 27.5 Å². The number of carbonyl (C=O) groups excluding carboxylic acids is 1. The molecule has 0 atom stereocenters. The number of hydrogen-bond donors (Lipinski definition) is 1. The van der Waals surface area contributed by atoms with Crippen molar-refractivity contribution in [3.05, 3.63) is 70.5 Å². The number of benzene rings is 1. The van der Waals surface area contributed by atoms with Crippen molar-refractivity contribution in [2.45, 2.75) is 6.54 Å². The summed E-state index contributed by atoms with van der Waals surface area (Å²) in [7, 11) is 0. The molecule has 3 heterocycles. The van der Waals surface area contributed by atoms with Gasteiger partial charge in [-0.3, -0.25) is 4.79 Å². The molecule has 114 valence electrons. The summed E-state index contributed by atoms with van der Waals surface area (Å²) >= 11 is 3.35. The Morgan fingerprint density at radius 3 is 2.70 bits per heavy atom. The Bertz CT molecular complexity index is 918. The van der Waals surface area contributed by atoms with E-state index in [9.17, 15) is 9.18 Å². The summed E-state index contributed by atoms with van der Waals surface area (Å²) in [5.74, 6) is -0.462. The Hall–Kier alpha value is -2.47. The van der Waals surface area contributed by atoms with Crippen molar-refractivity contribution in [3.63, 3.8) is 0 Å². The SMILES string of the molecule is O=C1Nc2ccc(Br)nc2Cn2cc(-c3ccc(F)cc3)cc21. The molecule has 2 aromatic heterocycles. The van der Waals surface area contributed by atoms with Gasteiger partial charge in [-0.1, -0.05) is 12.1 Å². The van der Waals surface area contributed by atoms with Gasteiger partial charge in [0, 0.05) is 11.8 Å². The van der Waals surface area contributed by atoms with Gasteiger partial charge in [0.2, 0.25) is 0 Å². The third-order valence-electron chi connectivity index (χ3n) is 3.82. The minimum atomic E-state index is -0.282. The molecule has 0 radical (unpaired) electrons. The third kappa shape index (κ3) is 2.55. The first-order valence-corrected chi connectivity index (χ1v) is 7.82. The van der Waals surface area contributed by atoms with Crippen molar-refractivity contribution in [1.82, 2.24) is 9.55 Å². The monoisotopic (exact) mass is 371 g/mol. The second kappa shape index (κ2) is 5.31. The van der Waals surface area contributed by atoms with Crippen LogP contribution in [0, 0.1) is 5.82 Å². The Morgan fingerprint density at radius 2 is 1.91 bits per heavy atom. The molecule has 4 rings (SSSR count). The maximum absolute atomic E-state index is 13.1. The molecule has 0 spiro atoms. The third-order valence-corrected chi connectivity index (χ3v) is 4.26. The van der Waals surface area contributed by atoms with E-state index in [1.807, 2.05) is 22.9 Å². The highest BCUT2D eigenvalue weighted by atomic mass is 79.9. The lowest BCUT2D eigenvalue weighted by Gasteiger charge is -2.06. The van der Waals surface area contributed by atoms with Crippen molar-refractivity contribution in [1.29, 1.82) is 0 Å². The molecular formula is C17H11BrFN3O. The smallest absolute Gasteiger partial charge is 0.272 e. The predicted molar refractivity (Wildman–Crippen MR) is 88.8 cm³/mol. The molecule has 1 amide bonds. The predicted octanol–water partition coefficient (Wildman–Crippen LogP) is 4.07. The van der Waals surface area contributed by atoms with Crippen molar-refractivity contribution in [3.8, 4) is 11.1 Å². The van der Waals surface area contributed by atoms with Gasteiger partial charge in [-0.15, -0.1) is 0 Å². The molecular weight excluding hydrogens is 361 g/mol. The summed E-state index contributed by atoms with van der Waals surface area (Å²) in [4.78, 5) is 16.9. The van der Waals surface area contributed by atoms with Crippen LogP contribution in [0.1, 0.15) is 16.2 Å². The van der Waals surface area contributed by atoms with E-state index in [2.05, 4.69) is 26.2 Å². The molecule has 0 aliphatic carbocycles. The second-order valence-electron chi connectivity index (χ2n) is 5.33. The molecule has 23 heavy (non-hydrogen) atoms. The molecule has 1 aliphatic rings. The number of carbonyl (C=O) groups is 1. The molecule has 1 N–H and O–H groups in total. The molecule has 6 heteroatoms. The van der Waals surface area contributed by atoms with Gasteiger partial charge in [-0.05, 0) is 51.8 Å². The average Bonchev–Trinajstić information content (AvgIpc) is 2.89. The molecule has 0 saturated carbocycles. The van der Waals surface area contributed by atoms with E-state index in [1.54, 1.807) is 18.2 Å². The molecule has 0 saturated heterocycles. The van der Waals surface area contributed by atoms with E-state index in [-0.39, 0.29) is 11.7 Å². The van der Waals surface area contributed by atoms with E-state index in [0.29, 0.717) is 17.9 Å². The normalized spacial score (nSPS) is 13.0. The fourth-order valence-corrected chi connectivity index (χ4v) is 3.03. The van der Waals surface area contributed by atoms with Gasteiger partial charge in [0.15, 0.2) is 0 Å². The highest BCUT2D eigenvalue weighted by molar-refractivity contribution is 9.10. The zero-order valence-corrected chi connectivity index (χ0v) is 13.5. The van der Waals surface area contributed by atoms with Gasteiger partial charge in [-0.2, -0.15) is 0 Å². The quantitative estimate of drug-likeness (QED) is 0.655. The van der Waals surface area contributed by atoms with Gasteiger partial charge in [0.25, 0.3) is 5.91 Å². The number of halogens is 2. The van der Waals surface area contributed by atoms with Gasteiger partial charge in [-0.25, -0.2) is 9.37 Å². The van der Waals surface area contributed by atoms with E-state index in [1.165, 1.54) is 12.1 Å². The summed E-state index contributed by atoms with van der Waals surface area (Å²) in [6, 6.07) is 11.7. The molecule has 4 nitrogen and oxygen atoms in total. The summed E-state index contributed by atoms with van der Waals surface area (Å²) in [6.45, 7) is 0.490. The Balaban J connectivity index is 1.79. The number of anilines is 1. The van der Waals surface area contributed by atoms with Crippen LogP contribution in [0.2, 0.25) is 0 Å². The van der Waals surface area contributed by atoms with Crippen molar-refractivity contribution < 1.29 is 9.18 Å². The number of fused-ring (bicyclic) bond motifs is 2. The summed E-state index contributed by atoms with van der Waals surface area (Å²) in [5, 5.41) is 2.88. The first-order valence-electron chi connectivity index (χ1n) is 7.03. The lowest BCUT2D eigenvalue weighted by Crippen LogP contribution is -2.12. The highest BCUT2D eigenvalue weighted by Gasteiger charge is 2.21. The number of hydrogen-bond acceptors (Lipinski definition) is 2. The number of aromatic nitrogens is 2. The number of nitrogens with zero attached hydrogens (tertiary/aromatic N) is 2. The topological polar surface area (TPSA) is 46.9 Å². The summed E-state index contributed by atoms with van der Waals surface area (Å²) in [6.07, 6.45) is 1.89. The number of pyridine rings is 1. The number of nitrogens with one attached hydrogen (secondary N) is 1. The van der Waals surface area contributed by atoms with Gasteiger partial charge >= 0.3 is 0 Å². The van der Waals surface area contributed by atoms with E-state index >= 15 is 0 Å². The standard InChI is InChI=1S/C17H11BrFN3O/c18-16-6-5-13-14(20-16)9-22-8-11(7-15(22)17(23)21-13)10-1-3-12(19)4-2-10/h1-8H,9H2,(H,21,23). The zero-order chi connectivity index (χ0) is 16.0. The number of rotatable bonds is 1. The van der Waals surface area contributed by atoms with Crippen LogP contribution < -0.4 is 5.32 Å². The minimum Gasteiger partial charge on any atom is -0.337 e. The van der Waals surface area contributed by atoms with Crippen LogP contribution in [0.15, 0.2) is 53.3 Å². The maximum atomic E-state index is 13.1. The average molecular weight is 372 g/mol. The largest absolute Gasteiger partial charge is 0.337 e. The maximum Gasteiger partial charge on any atom is 0.272 e. The summed E-state index contributed by atoms with van der Waals surface area (Å²) < 4.78 is 15.6. The molecule has 0 unspecified atom stereocenters. The van der Waals surface area contributed by atoms with Crippen LogP contribution in [0.3, 0.4) is 0 Å². The number of amides is 1. The van der Waals surface area contributed by atoms with Crippen LogP contribution >= 0.6 is 15.9 Å². The van der Waals surface area contributed by atoms with Gasteiger partial charge in [0.05, 0.1) is 17.9 Å². The van der Waals surface area contributed by atoms with Crippen LogP contribution in [-0.4, -0.2) is 15.5 Å². The lowest BCUT2D eigenvalue weighted by atomic mass is 10.1. The zero-order valence-electron chi connectivity index (χ0n) is 11.9. The highest BCUT2D eigenvalue weighted by Crippen LogP contribution is 2.28. The first-order chi connectivity index (χ1) is 11.1. The molecule has 0 fully saturated rings. The van der Waals surface area contributed by atoms with E-state index < -0.39 is 0 Å². The second-order valence-corrected chi connectivity index (χ2v) is 6.14. The Kier molecular flexibility index (Phi) is 3.27. The Morgan fingerprint density at radius 1 is 1.13 bits per heavy atom. The van der Waals surface area contributed by atoms with E-state index in [4.69, 9.17) is 0 Å². The summed E-state index contributed by atoms with van der Waals surface area (Å²) in [5.41, 5.74) is 3.78. The molecule has 1 aromatic carbocycles. The van der Waals surface area contributed by atoms with Crippen LogP contribution in [0.5, 0.6) is 0 Å². The van der Waals surface area contributed by atoms with Crippen LogP contribution in [0.4, 0.5) is 10.1 Å². The fraction of sp³-hybridized carbons (Fsp3) is 0.0588. The molecule has 3 aromatic rings. The van der Waals surface area contributed by atoms with Gasteiger partial charge < -0.3 is 9.88 Å². The lowest BCUT2D eigenvalue weighted by molar-refractivity contribution is 0.102. The van der Waals surface area contributed by atoms with Crippen molar-refractivity contribution in [2.24, 2.45) is 0 Å². The van der Waals surface area contributed by atoms with Crippen LogP contribution in [-0.2, 0) is 6.54 Å². The van der Waals surface area contributed by atoms with Crippen LogP contribution in [0.25, 0.3) is 11.1 Å². The Labute approximate surface area is 140 Å². The van der Waals surface area contributed by atoms with Gasteiger partial charge in [0.1, 0.15) is 16.1 Å². The molecule has 1 aliphatic heterocycles. The molecule has 0 bridgehead atoms.